The minimum atomic E-state index is -0.946. The van der Waals surface area contributed by atoms with E-state index in [1.807, 2.05) is 6.07 Å². The molecule has 2 atom stereocenters. The first-order valence-corrected chi connectivity index (χ1v) is 9.36. The molecule has 0 bridgehead atoms. The Morgan fingerprint density at radius 1 is 1.14 bits per heavy atom. The number of fused-ring (bicyclic) bond motifs is 1. The molecule has 0 radical (unpaired) electrons. The summed E-state index contributed by atoms with van der Waals surface area (Å²) in [6.07, 6.45) is 0.250. The minimum absolute atomic E-state index is 0.00518. The van der Waals surface area contributed by atoms with Gasteiger partial charge in [-0.3, -0.25) is 34.3 Å². The second-order valence-electron chi connectivity index (χ2n) is 7.29. The number of morpholine rings is 1. The fraction of sp³-hybridized carbons (Fsp3) is 0.474. The molecule has 2 saturated heterocycles. The molecule has 0 aromatic heterocycles. The van der Waals surface area contributed by atoms with E-state index >= 15 is 0 Å². The van der Waals surface area contributed by atoms with Crippen molar-refractivity contribution in [3.05, 3.63) is 34.9 Å². The molecule has 3 heterocycles. The second-order valence-corrected chi connectivity index (χ2v) is 7.29. The van der Waals surface area contributed by atoms with Crippen LogP contribution in [0, 0.1) is 0 Å². The minimum Gasteiger partial charge on any atom is -0.374 e. The number of nitrogens with one attached hydrogen (secondary N) is 1. The molecule has 0 spiro atoms. The Balaban J connectivity index is 1.52. The number of carbonyl (C=O) groups is 4. The highest BCUT2D eigenvalue weighted by Gasteiger charge is 2.44. The number of piperidine rings is 1. The van der Waals surface area contributed by atoms with Crippen molar-refractivity contribution in [3.8, 4) is 0 Å². The van der Waals surface area contributed by atoms with Crippen LogP contribution >= 0.6 is 0 Å². The topological polar surface area (TPSA) is 122 Å². The molecular formula is C19H22N4O5. The summed E-state index contributed by atoms with van der Waals surface area (Å²) in [7, 11) is 0. The molecule has 2 fully saturated rings. The van der Waals surface area contributed by atoms with Gasteiger partial charge in [0.15, 0.2) is 0 Å². The van der Waals surface area contributed by atoms with Crippen molar-refractivity contribution < 1.29 is 23.9 Å². The molecule has 9 heteroatoms. The molecule has 4 rings (SSSR count). The van der Waals surface area contributed by atoms with Gasteiger partial charge in [0.1, 0.15) is 6.04 Å². The lowest BCUT2D eigenvalue weighted by Crippen LogP contribution is -2.54. The highest BCUT2D eigenvalue weighted by atomic mass is 16.5. The molecule has 1 aromatic carbocycles. The van der Waals surface area contributed by atoms with E-state index in [1.54, 1.807) is 12.1 Å². The largest absolute Gasteiger partial charge is 0.374 e. The van der Waals surface area contributed by atoms with E-state index in [0.29, 0.717) is 37.4 Å². The van der Waals surface area contributed by atoms with Crippen LogP contribution in [0.1, 0.15) is 39.1 Å². The van der Waals surface area contributed by atoms with Gasteiger partial charge in [-0.05, 0) is 24.1 Å². The molecule has 3 N–H and O–H groups in total. The van der Waals surface area contributed by atoms with Gasteiger partial charge in [0.25, 0.3) is 11.8 Å². The van der Waals surface area contributed by atoms with Gasteiger partial charge in [-0.25, -0.2) is 0 Å². The molecule has 0 aliphatic carbocycles. The molecule has 148 valence electrons. The van der Waals surface area contributed by atoms with Gasteiger partial charge < -0.3 is 10.5 Å². The summed E-state index contributed by atoms with van der Waals surface area (Å²) in [5.74, 6) is -1.97. The summed E-state index contributed by atoms with van der Waals surface area (Å²) in [6.45, 7) is 3.15. The monoisotopic (exact) mass is 386 g/mol. The molecule has 9 nitrogen and oxygen atoms in total. The van der Waals surface area contributed by atoms with E-state index in [2.05, 4.69) is 10.2 Å². The van der Waals surface area contributed by atoms with Gasteiger partial charge in [-0.1, -0.05) is 6.07 Å². The molecule has 0 saturated carbocycles. The number of carbonyl (C=O) groups excluding carboxylic acids is 4. The molecular weight excluding hydrogens is 364 g/mol. The number of amides is 4. The van der Waals surface area contributed by atoms with Gasteiger partial charge in [-0.15, -0.1) is 0 Å². The molecule has 28 heavy (non-hydrogen) atoms. The maximum absolute atomic E-state index is 12.9. The lowest BCUT2D eigenvalue weighted by molar-refractivity contribution is -0.136. The van der Waals surface area contributed by atoms with Crippen molar-refractivity contribution in [3.63, 3.8) is 0 Å². The smallest absolute Gasteiger partial charge is 0.262 e. The molecule has 2 unspecified atom stereocenters. The summed E-state index contributed by atoms with van der Waals surface area (Å²) in [4.78, 5) is 52.2. The van der Waals surface area contributed by atoms with Gasteiger partial charge in [0, 0.05) is 32.6 Å². The van der Waals surface area contributed by atoms with Crippen molar-refractivity contribution in [2.75, 3.05) is 26.2 Å². The number of nitrogens with zero attached hydrogens (tertiary/aromatic N) is 2. The van der Waals surface area contributed by atoms with E-state index < -0.39 is 23.8 Å². The maximum Gasteiger partial charge on any atom is 0.262 e. The summed E-state index contributed by atoms with van der Waals surface area (Å²) in [5.41, 5.74) is 7.18. The fourth-order valence-electron chi connectivity index (χ4n) is 3.94. The third-order valence-electron chi connectivity index (χ3n) is 5.40. The second kappa shape index (κ2) is 7.42. The van der Waals surface area contributed by atoms with E-state index in [9.17, 15) is 19.2 Å². The first-order valence-electron chi connectivity index (χ1n) is 9.36. The quantitative estimate of drug-likeness (QED) is 0.653. The number of imide groups is 2. The molecule has 3 aliphatic rings. The Kier molecular flexibility index (Phi) is 4.96. The number of rotatable bonds is 4. The fourth-order valence-corrected chi connectivity index (χ4v) is 3.94. The van der Waals surface area contributed by atoms with Crippen LogP contribution in [0.4, 0.5) is 0 Å². The van der Waals surface area contributed by atoms with Crippen molar-refractivity contribution in [2.24, 2.45) is 5.73 Å². The van der Waals surface area contributed by atoms with Gasteiger partial charge in [0.05, 0.1) is 23.8 Å². The Morgan fingerprint density at radius 3 is 2.68 bits per heavy atom. The Hall–Kier alpha value is -2.62. The lowest BCUT2D eigenvalue weighted by atomic mass is 10.0. The third-order valence-corrected chi connectivity index (χ3v) is 5.40. The van der Waals surface area contributed by atoms with E-state index in [1.165, 1.54) is 0 Å². The number of nitrogens with two attached hydrogens (primary N) is 1. The standard InChI is InChI=1S/C19H22N4O5/c20-8-12-10-22(5-6-28-12)9-11-1-2-13-14(7-11)19(27)23(18(13)26)15-3-4-16(24)21-17(15)25/h1-2,7,12,15H,3-6,8-10,20H2,(H,21,24,25). The summed E-state index contributed by atoms with van der Waals surface area (Å²) in [5, 5.41) is 2.20. The van der Waals surface area contributed by atoms with E-state index in [4.69, 9.17) is 10.5 Å². The number of ether oxygens (including phenoxy) is 1. The molecule has 3 aliphatic heterocycles. The van der Waals surface area contributed by atoms with Crippen molar-refractivity contribution in [1.82, 2.24) is 15.1 Å². The van der Waals surface area contributed by atoms with E-state index in [0.717, 1.165) is 17.0 Å². The average molecular weight is 386 g/mol. The number of hydrogen-bond acceptors (Lipinski definition) is 7. The number of benzene rings is 1. The van der Waals surface area contributed by atoms with Crippen LogP contribution in [0.25, 0.3) is 0 Å². The van der Waals surface area contributed by atoms with Crippen LogP contribution in [0.2, 0.25) is 0 Å². The third kappa shape index (κ3) is 3.32. The van der Waals surface area contributed by atoms with Crippen LogP contribution in [0.15, 0.2) is 18.2 Å². The van der Waals surface area contributed by atoms with Gasteiger partial charge in [0.2, 0.25) is 11.8 Å². The Bertz CT molecular complexity index is 855. The van der Waals surface area contributed by atoms with Crippen LogP contribution in [0.3, 0.4) is 0 Å². The first kappa shape index (κ1) is 18.7. The zero-order chi connectivity index (χ0) is 19.8. The predicted molar refractivity (Wildman–Crippen MR) is 97.2 cm³/mol. The number of hydrogen-bond donors (Lipinski definition) is 2. The zero-order valence-electron chi connectivity index (χ0n) is 15.3. The normalized spacial score (nSPS) is 25.8. The molecule has 1 aromatic rings. The Morgan fingerprint density at radius 2 is 1.93 bits per heavy atom. The highest BCUT2D eigenvalue weighted by Crippen LogP contribution is 2.28. The van der Waals surface area contributed by atoms with Crippen molar-refractivity contribution >= 4 is 23.6 Å². The summed E-state index contributed by atoms with van der Waals surface area (Å²) in [6, 6.07) is 4.23. The Labute approximate surface area is 161 Å². The SMILES string of the molecule is NCC1CN(Cc2ccc3c(c2)C(=O)N(C2CCC(=O)NC2=O)C3=O)CCO1. The molecule has 4 amide bonds. The van der Waals surface area contributed by atoms with Gasteiger partial charge >= 0.3 is 0 Å². The predicted octanol–water partition coefficient (Wildman–Crippen LogP) is -0.753. The highest BCUT2D eigenvalue weighted by molar-refractivity contribution is 6.23. The van der Waals surface area contributed by atoms with Crippen LogP contribution < -0.4 is 11.1 Å². The summed E-state index contributed by atoms with van der Waals surface area (Å²) >= 11 is 0. The first-order chi connectivity index (χ1) is 13.5. The van der Waals surface area contributed by atoms with Crippen LogP contribution in [-0.2, 0) is 20.9 Å². The van der Waals surface area contributed by atoms with Crippen LogP contribution in [-0.4, -0.2) is 71.8 Å². The summed E-state index contributed by atoms with van der Waals surface area (Å²) < 4.78 is 5.57. The zero-order valence-corrected chi connectivity index (χ0v) is 15.3. The van der Waals surface area contributed by atoms with Crippen LogP contribution in [0.5, 0.6) is 0 Å². The van der Waals surface area contributed by atoms with Gasteiger partial charge in [-0.2, -0.15) is 0 Å². The lowest BCUT2D eigenvalue weighted by Gasteiger charge is -2.32. The van der Waals surface area contributed by atoms with Crippen molar-refractivity contribution in [1.29, 1.82) is 0 Å². The average Bonchev–Trinajstić information content (AvgIpc) is 2.93. The van der Waals surface area contributed by atoms with Crippen molar-refractivity contribution in [2.45, 2.75) is 31.5 Å². The maximum atomic E-state index is 12.9. The van der Waals surface area contributed by atoms with E-state index in [-0.39, 0.29) is 24.9 Å².